The lowest BCUT2D eigenvalue weighted by Gasteiger charge is -2.13. The number of methoxy groups -OCH3 is 2. The van der Waals surface area contributed by atoms with E-state index in [1.807, 2.05) is 30.3 Å². The Morgan fingerprint density at radius 2 is 1.69 bits per heavy atom. The summed E-state index contributed by atoms with van der Waals surface area (Å²) in [6, 6.07) is 16.2. The number of H-pyrrole nitrogens is 1. The van der Waals surface area contributed by atoms with Gasteiger partial charge >= 0.3 is 0 Å². The van der Waals surface area contributed by atoms with Crippen LogP contribution < -0.4 is 20.1 Å². The molecule has 1 heterocycles. The molecule has 0 fully saturated rings. The van der Waals surface area contributed by atoms with Crippen LogP contribution in [-0.4, -0.2) is 36.0 Å². The number of aromatic amines is 1. The average molecular weight is 493 g/mol. The molecule has 4 rings (SSSR count). The third-order valence-electron chi connectivity index (χ3n) is 5.44. The largest absolute Gasteiger partial charge is 0.495 e. The summed E-state index contributed by atoms with van der Waals surface area (Å²) in [5.41, 5.74) is 4.36. The van der Waals surface area contributed by atoms with E-state index in [9.17, 15) is 9.59 Å². The van der Waals surface area contributed by atoms with E-state index in [-0.39, 0.29) is 11.8 Å². The summed E-state index contributed by atoms with van der Waals surface area (Å²) in [5, 5.41) is 5.96. The zero-order valence-corrected chi connectivity index (χ0v) is 20.3. The number of amides is 2. The highest BCUT2D eigenvalue weighted by molar-refractivity contribution is 6.32. The van der Waals surface area contributed by atoms with Crippen LogP contribution in [0.4, 0.5) is 11.4 Å². The number of imidazole rings is 1. The van der Waals surface area contributed by atoms with Crippen LogP contribution in [0.25, 0.3) is 11.0 Å². The molecule has 0 aliphatic rings. The number of nitrogens with zero attached hydrogens (tertiary/aromatic N) is 1. The zero-order chi connectivity index (χ0) is 24.9. The highest BCUT2D eigenvalue weighted by Crippen LogP contribution is 2.36. The average Bonchev–Trinajstić information content (AvgIpc) is 3.25. The molecule has 180 valence electrons. The second-order valence-electron chi connectivity index (χ2n) is 7.93. The molecule has 0 aliphatic carbocycles. The Balaban J connectivity index is 1.45. The highest BCUT2D eigenvalue weighted by atomic mass is 35.5. The predicted molar refractivity (Wildman–Crippen MR) is 137 cm³/mol. The van der Waals surface area contributed by atoms with Gasteiger partial charge in [0.05, 0.1) is 36.0 Å². The molecule has 0 spiro atoms. The Hall–Kier alpha value is -4.04. The molecule has 4 aromatic rings. The molecule has 0 atom stereocenters. The predicted octanol–water partition coefficient (Wildman–Crippen LogP) is 5.23. The molecule has 0 bridgehead atoms. The number of carbonyl (C=O) groups excluding carboxylic acids is 2. The molecule has 0 saturated carbocycles. The molecule has 8 nitrogen and oxygen atoms in total. The van der Waals surface area contributed by atoms with Gasteiger partial charge in [0.25, 0.3) is 5.91 Å². The second kappa shape index (κ2) is 10.5. The maximum absolute atomic E-state index is 12.9. The number of anilines is 2. The van der Waals surface area contributed by atoms with Crippen molar-refractivity contribution in [2.45, 2.75) is 19.8 Å². The van der Waals surface area contributed by atoms with Crippen LogP contribution in [0, 0.1) is 0 Å². The number of carbonyl (C=O) groups is 2. The molecule has 0 unspecified atom stereocenters. The first-order valence-corrected chi connectivity index (χ1v) is 11.3. The van der Waals surface area contributed by atoms with Crippen molar-refractivity contribution in [1.29, 1.82) is 0 Å². The topological polar surface area (TPSA) is 105 Å². The molecule has 2 amide bonds. The Morgan fingerprint density at radius 1 is 0.943 bits per heavy atom. The summed E-state index contributed by atoms with van der Waals surface area (Å²) in [6.45, 7) is 1.48. The van der Waals surface area contributed by atoms with Gasteiger partial charge in [-0.25, -0.2) is 4.98 Å². The third kappa shape index (κ3) is 5.73. The number of halogens is 1. The summed E-state index contributed by atoms with van der Waals surface area (Å²) in [6.07, 6.45) is 1.49. The number of aromatic nitrogens is 2. The van der Waals surface area contributed by atoms with Gasteiger partial charge in [-0.2, -0.15) is 0 Å². The van der Waals surface area contributed by atoms with Gasteiger partial charge in [0.1, 0.15) is 17.3 Å². The number of fused-ring (bicyclic) bond motifs is 1. The van der Waals surface area contributed by atoms with Crippen molar-refractivity contribution >= 4 is 45.8 Å². The monoisotopic (exact) mass is 492 g/mol. The highest BCUT2D eigenvalue weighted by Gasteiger charge is 2.15. The first-order chi connectivity index (χ1) is 16.9. The third-order valence-corrected chi connectivity index (χ3v) is 5.74. The van der Waals surface area contributed by atoms with E-state index in [4.69, 9.17) is 21.1 Å². The van der Waals surface area contributed by atoms with Crippen molar-refractivity contribution in [2.24, 2.45) is 0 Å². The van der Waals surface area contributed by atoms with Crippen molar-refractivity contribution in [3.63, 3.8) is 0 Å². The second-order valence-corrected chi connectivity index (χ2v) is 8.34. The van der Waals surface area contributed by atoms with Crippen LogP contribution >= 0.6 is 11.6 Å². The Labute approximate surface area is 207 Å². The first-order valence-electron chi connectivity index (χ1n) is 10.9. The summed E-state index contributed by atoms with van der Waals surface area (Å²) >= 11 is 6.21. The van der Waals surface area contributed by atoms with Gasteiger partial charge in [0.2, 0.25) is 5.91 Å². The minimum atomic E-state index is -0.304. The molecule has 9 heteroatoms. The zero-order valence-electron chi connectivity index (χ0n) is 19.6. The SMILES string of the molecule is COc1cc(OC)c(NC(=O)c2ccc3nc(CCc4ccc(NC(C)=O)cc4)[nH]c3c2)cc1Cl. The van der Waals surface area contributed by atoms with Crippen LogP contribution in [0.2, 0.25) is 5.02 Å². The van der Waals surface area contributed by atoms with Crippen LogP contribution in [0.1, 0.15) is 28.7 Å². The number of ether oxygens (including phenoxy) is 2. The number of rotatable bonds is 8. The van der Waals surface area contributed by atoms with Gasteiger partial charge in [0, 0.05) is 30.7 Å². The van der Waals surface area contributed by atoms with Gasteiger partial charge in [-0.05, 0) is 48.4 Å². The van der Waals surface area contributed by atoms with E-state index in [1.165, 1.54) is 21.1 Å². The summed E-state index contributed by atoms with van der Waals surface area (Å²) in [5.74, 6) is 1.32. The molecule has 0 radical (unpaired) electrons. The van der Waals surface area contributed by atoms with Gasteiger partial charge in [-0.3, -0.25) is 9.59 Å². The van der Waals surface area contributed by atoms with E-state index in [1.54, 1.807) is 24.3 Å². The number of hydrogen-bond donors (Lipinski definition) is 3. The summed E-state index contributed by atoms with van der Waals surface area (Å²) < 4.78 is 10.6. The molecule has 3 N–H and O–H groups in total. The minimum Gasteiger partial charge on any atom is -0.495 e. The first kappa shape index (κ1) is 24.1. The lowest BCUT2D eigenvalue weighted by atomic mass is 10.1. The Kier molecular flexibility index (Phi) is 7.22. The van der Waals surface area contributed by atoms with Crippen LogP contribution in [0.5, 0.6) is 11.5 Å². The van der Waals surface area contributed by atoms with E-state index in [0.29, 0.717) is 34.2 Å². The van der Waals surface area contributed by atoms with Crippen molar-refractivity contribution in [3.8, 4) is 11.5 Å². The van der Waals surface area contributed by atoms with Gasteiger partial charge in [-0.1, -0.05) is 23.7 Å². The Morgan fingerprint density at radius 3 is 2.37 bits per heavy atom. The summed E-state index contributed by atoms with van der Waals surface area (Å²) in [4.78, 5) is 32.0. The van der Waals surface area contributed by atoms with Crippen molar-refractivity contribution in [2.75, 3.05) is 24.9 Å². The maximum atomic E-state index is 12.9. The van der Waals surface area contributed by atoms with Gasteiger partial charge in [-0.15, -0.1) is 0 Å². The minimum absolute atomic E-state index is 0.0972. The van der Waals surface area contributed by atoms with Crippen molar-refractivity contribution < 1.29 is 19.1 Å². The quantitative estimate of drug-likeness (QED) is 0.312. The lowest BCUT2D eigenvalue weighted by molar-refractivity contribution is -0.114. The number of aryl methyl sites for hydroxylation is 2. The standard InChI is InChI=1S/C26H25ClN4O4/c1-15(32)28-18-8-4-16(5-9-18)6-11-25-29-20-10-7-17(12-21(20)30-25)26(33)31-22-13-19(27)23(34-2)14-24(22)35-3/h4-5,7-10,12-14H,6,11H2,1-3H3,(H,28,32)(H,29,30)(H,31,33). The fourth-order valence-corrected chi connectivity index (χ4v) is 3.94. The normalized spacial score (nSPS) is 10.7. The van der Waals surface area contributed by atoms with E-state index in [0.717, 1.165) is 34.5 Å². The molecule has 35 heavy (non-hydrogen) atoms. The molecular formula is C26H25ClN4O4. The van der Waals surface area contributed by atoms with Gasteiger partial charge in [0.15, 0.2) is 0 Å². The molecule has 1 aromatic heterocycles. The summed E-state index contributed by atoms with van der Waals surface area (Å²) in [7, 11) is 3.02. The number of hydrogen-bond acceptors (Lipinski definition) is 5. The molecule has 0 aliphatic heterocycles. The van der Waals surface area contributed by atoms with E-state index in [2.05, 4.69) is 20.6 Å². The molecule has 0 saturated heterocycles. The smallest absolute Gasteiger partial charge is 0.255 e. The maximum Gasteiger partial charge on any atom is 0.255 e. The van der Waals surface area contributed by atoms with Crippen molar-refractivity contribution in [3.05, 3.63) is 76.6 Å². The van der Waals surface area contributed by atoms with Crippen LogP contribution in [-0.2, 0) is 17.6 Å². The van der Waals surface area contributed by atoms with E-state index >= 15 is 0 Å². The number of nitrogens with one attached hydrogen (secondary N) is 3. The number of benzene rings is 3. The van der Waals surface area contributed by atoms with Gasteiger partial charge < -0.3 is 25.1 Å². The fourth-order valence-electron chi connectivity index (χ4n) is 3.70. The van der Waals surface area contributed by atoms with Crippen LogP contribution in [0.3, 0.4) is 0 Å². The van der Waals surface area contributed by atoms with Crippen LogP contribution in [0.15, 0.2) is 54.6 Å². The Bertz CT molecular complexity index is 1380. The molecular weight excluding hydrogens is 468 g/mol. The fraction of sp³-hybridized carbons (Fsp3) is 0.192. The van der Waals surface area contributed by atoms with E-state index < -0.39 is 0 Å². The molecule has 3 aromatic carbocycles. The lowest BCUT2D eigenvalue weighted by Crippen LogP contribution is -2.12. The van der Waals surface area contributed by atoms with Crippen molar-refractivity contribution in [1.82, 2.24) is 9.97 Å².